The minimum Gasteiger partial charge on any atom is -0.468 e. The van der Waals surface area contributed by atoms with E-state index in [0.717, 1.165) is 11.3 Å². The lowest BCUT2D eigenvalue weighted by atomic mass is 10.2. The first kappa shape index (κ1) is 19.2. The molecule has 0 fully saturated rings. The number of anilines is 1. The van der Waals surface area contributed by atoms with Crippen molar-refractivity contribution in [3.8, 4) is 17.2 Å². The van der Waals surface area contributed by atoms with Crippen LogP contribution in [-0.4, -0.2) is 19.8 Å². The number of para-hydroxylation sites is 1. The number of hydrogen-bond donors (Lipinski definition) is 1. The van der Waals surface area contributed by atoms with Gasteiger partial charge in [0.15, 0.2) is 6.79 Å². The van der Waals surface area contributed by atoms with Crippen molar-refractivity contribution in [1.29, 1.82) is 0 Å². The Morgan fingerprint density at radius 2 is 1.50 bits per heavy atom. The summed E-state index contributed by atoms with van der Waals surface area (Å²) in [5.74, 6) is 1.97. The van der Waals surface area contributed by atoms with Crippen LogP contribution >= 0.6 is 0 Å². The maximum absolute atomic E-state index is 12.1. The van der Waals surface area contributed by atoms with Crippen LogP contribution in [-0.2, 0) is 9.53 Å². The smallest absolute Gasteiger partial charge is 0.248 e. The van der Waals surface area contributed by atoms with Crippen molar-refractivity contribution in [3.63, 3.8) is 0 Å². The van der Waals surface area contributed by atoms with E-state index in [1.807, 2.05) is 66.7 Å². The Balaban J connectivity index is 1.52. The zero-order chi connectivity index (χ0) is 19.6. The molecule has 0 aromatic heterocycles. The standard InChI is InChI=1S/C23H21NO4/c1-26-17-27-20-12-7-18(8-13-20)9-16-23(25)24-19-10-14-22(15-11-19)28-21-5-3-2-4-6-21/h2-16H,17H2,1H3,(H,24,25)/b16-9+. The second-order valence-corrected chi connectivity index (χ2v) is 5.88. The van der Waals surface area contributed by atoms with Gasteiger partial charge in [-0.3, -0.25) is 4.79 Å². The van der Waals surface area contributed by atoms with E-state index in [1.54, 1.807) is 25.3 Å². The molecule has 0 unspecified atom stereocenters. The van der Waals surface area contributed by atoms with Gasteiger partial charge in [0.2, 0.25) is 5.91 Å². The zero-order valence-corrected chi connectivity index (χ0v) is 15.5. The average molecular weight is 375 g/mol. The number of rotatable bonds is 8. The Kier molecular flexibility index (Phi) is 6.82. The van der Waals surface area contributed by atoms with Crippen LogP contribution in [0.15, 0.2) is 84.9 Å². The maximum Gasteiger partial charge on any atom is 0.248 e. The van der Waals surface area contributed by atoms with Gasteiger partial charge in [0, 0.05) is 18.9 Å². The van der Waals surface area contributed by atoms with Crippen molar-refractivity contribution in [1.82, 2.24) is 0 Å². The summed E-state index contributed by atoms with van der Waals surface area (Å²) in [6.07, 6.45) is 3.22. The van der Waals surface area contributed by atoms with E-state index in [-0.39, 0.29) is 12.7 Å². The molecule has 1 N–H and O–H groups in total. The van der Waals surface area contributed by atoms with E-state index in [0.29, 0.717) is 17.2 Å². The molecule has 1 amide bonds. The molecule has 5 heteroatoms. The molecule has 5 nitrogen and oxygen atoms in total. The average Bonchev–Trinajstić information content (AvgIpc) is 2.74. The van der Waals surface area contributed by atoms with Crippen LogP contribution in [0.3, 0.4) is 0 Å². The summed E-state index contributed by atoms with van der Waals surface area (Å²) in [6.45, 7) is 0.201. The number of carbonyl (C=O) groups excluding carboxylic acids is 1. The second kappa shape index (κ2) is 9.94. The number of methoxy groups -OCH3 is 1. The lowest BCUT2D eigenvalue weighted by Gasteiger charge is -2.07. The Hall–Kier alpha value is -3.57. The summed E-state index contributed by atoms with van der Waals surface area (Å²) in [5.41, 5.74) is 1.59. The monoisotopic (exact) mass is 375 g/mol. The number of hydrogen-bond acceptors (Lipinski definition) is 4. The number of benzene rings is 3. The van der Waals surface area contributed by atoms with Crippen molar-refractivity contribution in [2.75, 3.05) is 19.2 Å². The molecule has 28 heavy (non-hydrogen) atoms. The van der Waals surface area contributed by atoms with E-state index in [2.05, 4.69) is 5.32 Å². The summed E-state index contributed by atoms with van der Waals surface area (Å²) in [4.78, 5) is 12.1. The van der Waals surface area contributed by atoms with Gasteiger partial charge in [-0.1, -0.05) is 30.3 Å². The molecule has 0 bridgehead atoms. The van der Waals surface area contributed by atoms with Gasteiger partial charge in [-0.15, -0.1) is 0 Å². The molecule has 0 saturated carbocycles. The van der Waals surface area contributed by atoms with Crippen LogP contribution in [0.4, 0.5) is 5.69 Å². The van der Waals surface area contributed by atoms with Crippen LogP contribution in [0.2, 0.25) is 0 Å². The van der Waals surface area contributed by atoms with Crippen molar-refractivity contribution < 1.29 is 19.0 Å². The van der Waals surface area contributed by atoms with Gasteiger partial charge >= 0.3 is 0 Å². The third-order valence-electron chi connectivity index (χ3n) is 3.75. The number of nitrogens with one attached hydrogen (secondary N) is 1. The third-order valence-corrected chi connectivity index (χ3v) is 3.75. The van der Waals surface area contributed by atoms with Gasteiger partial charge in [-0.25, -0.2) is 0 Å². The SMILES string of the molecule is COCOc1ccc(/C=C/C(=O)Nc2ccc(Oc3ccccc3)cc2)cc1. The predicted octanol–water partition coefficient (Wildman–Crippen LogP) is 5.11. The lowest BCUT2D eigenvalue weighted by Crippen LogP contribution is -2.07. The molecular weight excluding hydrogens is 354 g/mol. The van der Waals surface area contributed by atoms with Gasteiger partial charge in [-0.05, 0) is 60.2 Å². The summed E-state index contributed by atoms with van der Waals surface area (Å²) in [5, 5.41) is 2.82. The molecule has 0 aliphatic carbocycles. The minimum atomic E-state index is -0.212. The first-order chi connectivity index (χ1) is 13.7. The number of carbonyl (C=O) groups is 1. The van der Waals surface area contributed by atoms with Crippen molar-refractivity contribution >= 4 is 17.7 Å². The lowest BCUT2D eigenvalue weighted by molar-refractivity contribution is -0.111. The maximum atomic E-state index is 12.1. The Morgan fingerprint density at radius 3 is 2.18 bits per heavy atom. The predicted molar refractivity (Wildman–Crippen MR) is 110 cm³/mol. The second-order valence-electron chi connectivity index (χ2n) is 5.88. The molecule has 0 atom stereocenters. The molecule has 0 spiro atoms. The number of ether oxygens (including phenoxy) is 3. The quantitative estimate of drug-likeness (QED) is 0.439. The third kappa shape index (κ3) is 6.00. The highest BCUT2D eigenvalue weighted by atomic mass is 16.7. The van der Waals surface area contributed by atoms with E-state index in [4.69, 9.17) is 14.2 Å². The topological polar surface area (TPSA) is 56.8 Å². The molecule has 3 rings (SSSR count). The van der Waals surface area contributed by atoms with Gasteiger partial charge in [0.05, 0.1) is 0 Å². The fourth-order valence-electron chi connectivity index (χ4n) is 2.39. The zero-order valence-electron chi connectivity index (χ0n) is 15.5. The van der Waals surface area contributed by atoms with Gasteiger partial charge in [0.1, 0.15) is 17.2 Å². The first-order valence-corrected chi connectivity index (χ1v) is 8.77. The molecule has 0 aliphatic heterocycles. The number of amides is 1. The summed E-state index contributed by atoms with van der Waals surface area (Å²) in [6, 6.07) is 24.1. The summed E-state index contributed by atoms with van der Waals surface area (Å²) in [7, 11) is 1.57. The molecule has 0 heterocycles. The highest BCUT2D eigenvalue weighted by Crippen LogP contribution is 2.22. The van der Waals surface area contributed by atoms with Gasteiger partial charge in [-0.2, -0.15) is 0 Å². The van der Waals surface area contributed by atoms with E-state index in [9.17, 15) is 4.79 Å². The largest absolute Gasteiger partial charge is 0.468 e. The van der Waals surface area contributed by atoms with Crippen molar-refractivity contribution in [3.05, 3.63) is 90.5 Å². The fraction of sp³-hybridized carbons (Fsp3) is 0.0870. The van der Waals surface area contributed by atoms with Crippen LogP contribution < -0.4 is 14.8 Å². The van der Waals surface area contributed by atoms with E-state index in [1.165, 1.54) is 6.08 Å². The molecule has 0 aliphatic rings. The highest BCUT2D eigenvalue weighted by Gasteiger charge is 2.01. The highest BCUT2D eigenvalue weighted by molar-refractivity contribution is 6.01. The first-order valence-electron chi connectivity index (χ1n) is 8.77. The molecular formula is C23H21NO4. The Bertz CT molecular complexity index is 904. The molecule has 0 radical (unpaired) electrons. The van der Waals surface area contributed by atoms with E-state index < -0.39 is 0 Å². The minimum absolute atomic E-state index is 0.201. The summed E-state index contributed by atoms with van der Waals surface area (Å²) < 4.78 is 15.9. The fourth-order valence-corrected chi connectivity index (χ4v) is 2.39. The van der Waals surface area contributed by atoms with Crippen molar-refractivity contribution in [2.24, 2.45) is 0 Å². The molecule has 0 saturated heterocycles. The van der Waals surface area contributed by atoms with Gasteiger partial charge in [0.25, 0.3) is 0 Å². The van der Waals surface area contributed by atoms with Crippen LogP contribution in [0, 0.1) is 0 Å². The van der Waals surface area contributed by atoms with Crippen LogP contribution in [0.1, 0.15) is 5.56 Å². The van der Waals surface area contributed by atoms with Crippen LogP contribution in [0.5, 0.6) is 17.2 Å². The molecule has 3 aromatic rings. The van der Waals surface area contributed by atoms with E-state index >= 15 is 0 Å². The van der Waals surface area contributed by atoms with Gasteiger partial charge < -0.3 is 19.5 Å². The van der Waals surface area contributed by atoms with Crippen LogP contribution in [0.25, 0.3) is 6.08 Å². The molecule has 3 aromatic carbocycles. The van der Waals surface area contributed by atoms with Crippen molar-refractivity contribution in [2.45, 2.75) is 0 Å². The normalized spacial score (nSPS) is 10.6. The Labute approximate surface area is 164 Å². The summed E-state index contributed by atoms with van der Waals surface area (Å²) >= 11 is 0. The Morgan fingerprint density at radius 1 is 0.857 bits per heavy atom. The molecule has 142 valence electrons.